The Morgan fingerprint density at radius 3 is 2.81 bits per heavy atom. The molecule has 0 fully saturated rings. The molecule has 0 spiro atoms. The van der Waals surface area contributed by atoms with Crippen molar-refractivity contribution in [3.63, 3.8) is 0 Å². The topological polar surface area (TPSA) is 64.0 Å². The highest BCUT2D eigenvalue weighted by atomic mass is 32.2. The number of aryl methyl sites for hydroxylation is 1. The zero-order valence-corrected chi connectivity index (χ0v) is 18.4. The standard InChI is InChI=1S/C24H21N3O2S2/c28-21(25-19-11-10-17-8-4-5-9-18(17)19)15-31-24-26-20-12-13-30-22(20)23(29)27(24)14-16-6-2-1-3-7-16/h1-9,12-13,19H,10-11,14-15H2,(H,25,28). The zero-order chi connectivity index (χ0) is 21.2. The van der Waals surface area contributed by atoms with Crippen molar-refractivity contribution >= 4 is 39.2 Å². The van der Waals surface area contributed by atoms with Crippen LogP contribution in [0.4, 0.5) is 0 Å². The fraction of sp³-hybridized carbons (Fsp3) is 0.208. The lowest BCUT2D eigenvalue weighted by Crippen LogP contribution is -2.29. The Morgan fingerprint density at radius 1 is 1.13 bits per heavy atom. The summed E-state index contributed by atoms with van der Waals surface area (Å²) in [6, 6.07) is 20.0. The first-order valence-corrected chi connectivity index (χ1v) is 12.1. The van der Waals surface area contributed by atoms with E-state index in [4.69, 9.17) is 0 Å². The Morgan fingerprint density at radius 2 is 1.94 bits per heavy atom. The summed E-state index contributed by atoms with van der Waals surface area (Å²) < 4.78 is 2.32. The van der Waals surface area contributed by atoms with Gasteiger partial charge in [0.2, 0.25) is 5.91 Å². The van der Waals surface area contributed by atoms with Gasteiger partial charge in [0.25, 0.3) is 5.56 Å². The largest absolute Gasteiger partial charge is 0.349 e. The Labute approximate surface area is 188 Å². The van der Waals surface area contributed by atoms with Crippen LogP contribution in [0.3, 0.4) is 0 Å². The van der Waals surface area contributed by atoms with Gasteiger partial charge in [-0.2, -0.15) is 0 Å². The molecule has 31 heavy (non-hydrogen) atoms. The number of fused-ring (bicyclic) bond motifs is 2. The van der Waals surface area contributed by atoms with Gasteiger partial charge in [-0.15, -0.1) is 11.3 Å². The summed E-state index contributed by atoms with van der Waals surface area (Å²) in [4.78, 5) is 30.5. The van der Waals surface area contributed by atoms with Crippen LogP contribution in [0.15, 0.2) is 76.0 Å². The number of thiophene rings is 1. The van der Waals surface area contributed by atoms with E-state index in [0.717, 1.165) is 18.4 Å². The second-order valence-electron chi connectivity index (χ2n) is 7.55. The summed E-state index contributed by atoms with van der Waals surface area (Å²) in [5, 5.41) is 5.60. The van der Waals surface area contributed by atoms with Crippen molar-refractivity contribution < 1.29 is 4.79 Å². The van der Waals surface area contributed by atoms with Gasteiger partial charge in [0, 0.05) is 0 Å². The Hall–Kier alpha value is -2.90. The van der Waals surface area contributed by atoms with Gasteiger partial charge >= 0.3 is 0 Å². The van der Waals surface area contributed by atoms with E-state index in [0.29, 0.717) is 21.9 Å². The van der Waals surface area contributed by atoms with Crippen LogP contribution in [-0.4, -0.2) is 21.2 Å². The van der Waals surface area contributed by atoms with Crippen molar-refractivity contribution in [3.8, 4) is 0 Å². The molecule has 1 atom stereocenters. The second-order valence-corrected chi connectivity index (χ2v) is 9.41. The molecular formula is C24H21N3O2S2. The molecule has 1 unspecified atom stereocenters. The predicted octanol–water partition coefficient (Wildman–Crippen LogP) is 4.40. The van der Waals surface area contributed by atoms with E-state index in [1.807, 2.05) is 53.9 Å². The molecule has 2 aromatic heterocycles. The highest BCUT2D eigenvalue weighted by Gasteiger charge is 2.23. The van der Waals surface area contributed by atoms with Gasteiger partial charge in [-0.3, -0.25) is 14.2 Å². The van der Waals surface area contributed by atoms with Gasteiger partial charge in [-0.1, -0.05) is 66.4 Å². The smallest absolute Gasteiger partial charge is 0.272 e. The average Bonchev–Trinajstić information content (AvgIpc) is 3.43. The third kappa shape index (κ3) is 4.16. The van der Waals surface area contributed by atoms with Crippen molar-refractivity contribution in [1.82, 2.24) is 14.9 Å². The van der Waals surface area contributed by atoms with Crippen LogP contribution >= 0.6 is 23.1 Å². The first-order chi connectivity index (χ1) is 15.2. The van der Waals surface area contributed by atoms with E-state index in [2.05, 4.69) is 22.4 Å². The summed E-state index contributed by atoms with van der Waals surface area (Å²) >= 11 is 2.72. The highest BCUT2D eigenvalue weighted by Crippen LogP contribution is 2.31. The second kappa shape index (κ2) is 8.69. The minimum Gasteiger partial charge on any atom is -0.349 e. The number of thioether (sulfide) groups is 1. The van der Waals surface area contributed by atoms with E-state index in [1.54, 1.807) is 4.57 Å². The van der Waals surface area contributed by atoms with Crippen molar-refractivity contribution in [2.75, 3.05) is 5.75 Å². The molecule has 156 valence electrons. The van der Waals surface area contributed by atoms with Gasteiger partial charge in [-0.25, -0.2) is 4.98 Å². The summed E-state index contributed by atoms with van der Waals surface area (Å²) in [6.07, 6.45) is 1.91. The average molecular weight is 448 g/mol. The van der Waals surface area contributed by atoms with Crippen molar-refractivity contribution in [1.29, 1.82) is 0 Å². The number of rotatable bonds is 6. The van der Waals surface area contributed by atoms with E-state index in [9.17, 15) is 9.59 Å². The van der Waals surface area contributed by atoms with E-state index >= 15 is 0 Å². The molecule has 0 radical (unpaired) electrons. The highest BCUT2D eigenvalue weighted by molar-refractivity contribution is 7.99. The van der Waals surface area contributed by atoms with Gasteiger partial charge < -0.3 is 5.32 Å². The fourth-order valence-corrected chi connectivity index (χ4v) is 5.60. The summed E-state index contributed by atoms with van der Waals surface area (Å²) in [5.41, 5.74) is 4.17. The van der Waals surface area contributed by atoms with Crippen molar-refractivity contribution in [2.45, 2.75) is 30.6 Å². The number of nitrogens with one attached hydrogen (secondary N) is 1. The predicted molar refractivity (Wildman–Crippen MR) is 126 cm³/mol. The number of carbonyl (C=O) groups excluding carboxylic acids is 1. The number of aromatic nitrogens is 2. The molecular weight excluding hydrogens is 426 g/mol. The molecule has 0 bridgehead atoms. The van der Waals surface area contributed by atoms with Gasteiger partial charge in [0.05, 0.1) is 23.9 Å². The van der Waals surface area contributed by atoms with Gasteiger partial charge in [0.15, 0.2) is 5.16 Å². The third-order valence-electron chi connectivity index (χ3n) is 5.51. The lowest BCUT2D eigenvalue weighted by molar-refractivity contribution is -0.119. The molecule has 0 saturated heterocycles. The number of amides is 1. The first kappa shape index (κ1) is 20.0. The molecule has 5 rings (SSSR count). The van der Waals surface area contributed by atoms with E-state index in [-0.39, 0.29) is 23.3 Å². The maximum Gasteiger partial charge on any atom is 0.272 e. The maximum absolute atomic E-state index is 13.1. The molecule has 2 aromatic carbocycles. The maximum atomic E-state index is 13.1. The molecule has 1 N–H and O–H groups in total. The summed E-state index contributed by atoms with van der Waals surface area (Å²) in [5.74, 6) is 0.174. The van der Waals surface area contributed by atoms with E-state index in [1.165, 1.54) is 34.2 Å². The Kier molecular flexibility index (Phi) is 5.61. The number of carbonyl (C=O) groups is 1. The molecule has 7 heteroatoms. The lowest BCUT2D eigenvalue weighted by Gasteiger charge is -2.15. The van der Waals surface area contributed by atoms with Gasteiger partial charge in [0.1, 0.15) is 4.70 Å². The number of nitrogens with zero attached hydrogens (tertiary/aromatic N) is 2. The minimum absolute atomic E-state index is 0.0439. The minimum atomic E-state index is -0.0588. The SMILES string of the molecule is O=C(CSc1nc2ccsc2c(=O)n1Cc1ccccc1)NC1CCc2ccccc21. The number of hydrogen-bond acceptors (Lipinski definition) is 5. The third-order valence-corrected chi connectivity index (χ3v) is 7.38. The first-order valence-electron chi connectivity index (χ1n) is 10.2. The summed E-state index contributed by atoms with van der Waals surface area (Å²) in [7, 11) is 0. The quantitative estimate of drug-likeness (QED) is 0.351. The normalized spacial score (nSPS) is 15.2. The van der Waals surface area contributed by atoms with Crippen LogP contribution in [0, 0.1) is 0 Å². The molecule has 5 nitrogen and oxygen atoms in total. The monoisotopic (exact) mass is 447 g/mol. The van der Waals surface area contributed by atoms with E-state index < -0.39 is 0 Å². The Balaban J connectivity index is 1.35. The van der Waals surface area contributed by atoms with Crippen LogP contribution in [-0.2, 0) is 17.8 Å². The van der Waals surface area contributed by atoms with Crippen molar-refractivity contribution in [3.05, 3.63) is 93.1 Å². The van der Waals surface area contributed by atoms with Crippen LogP contribution in [0.2, 0.25) is 0 Å². The zero-order valence-electron chi connectivity index (χ0n) is 16.8. The number of hydrogen-bond donors (Lipinski definition) is 1. The van der Waals surface area contributed by atoms with Gasteiger partial charge in [-0.05, 0) is 41.0 Å². The molecule has 1 aliphatic rings. The molecule has 0 saturated carbocycles. The molecule has 1 amide bonds. The van der Waals surface area contributed by atoms with Crippen LogP contribution < -0.4 is 10.9 Å². The van der Waals surface area contributed by atoms with Crippen LogP contribution in [0.1, 0.15) is 29.2 Å². The molecule has 4 aromatic rings. The molecule has 2 heterocycles. The Bertz CT molecular complexity index is 1300. The van der Waals surface area contributed by atoms with Crippen LogP contribution in [0.5, 0.6) is 0 Å². The lowest BCUT2D eigenvalue weighted by atomic mass is 10.1. The number of benzene rings is 2. The summed E-state index contributed by atoms with van der Waals surface area (Å²) in [6.45, 7) is 0.431. The van der Waals surface area contributed by atoms with Crippen LogP contribution in [0.25, 0.3) is 10.2 Å². The molecule has 0 aliphatic heterocycles. The fourth-order valence-electron chi connectivity index (χ4n) is 4.01. The van der Waals surface area contributed by atoms with Crippen molar-refractivity contribution in [2.24, 2.45) is 0 Å². The molecule has 1 aliphatic carbocycles.